The molecule has 2 atom stereocenters. The van der Waals surface area contributed by atoms with Crippen molar-refractivity contribution in [2.45, 2.75) is 39.7 Å². The fourth-order valence-corrected chi connectivity index (χ4v) is 1.78. The van der Waals surface area contributed by atoms with Gasteiger partial charge >= 0.3 is 0 Å². The van der Waals surface area contributed by atoms with Crippen molar-refractivity contribution in [1.82, 2.24) is 0 Å². The zero-order chi connectivity index (χ0) is 12.1. The van der Waals surface area contributed by atoms with Gasteiger partial charge < -0.3 is 5.11 Å². The van der Waals surface area contributed by atoms with Crippen LogP contribution in [-0.4, -0.2) is 5.11 Å². The minimum absolute atomic E-state index is 0.299. The van der Waals surface area contributed by atoms with Crippen LogP contribution in [0.4, 0.5) is 0 Å². The van der Waals surface area contributed by atoms with Crippen LogP contribution < -0.4 is 0 Å². The van der Waals surface area contributed by atoms with Gasteiger partial charge in [-0.2, -0.15) is 5.26 Å². The summed E-state index contributed by atoms with van der Waals surface area (Å²) in [5, 5.41) is 19.1. The molecule has 0 saturated carbocycles. The average Bonchev–Trinajstić information content (AvgIpc) is 2.28. The van der Waals surface area contributed by atoms with E-state index in [1.54, 1.807) is 0 Å². The van der Waals surface area contributed by atoms with Gasteiger partial charge in [0, 0.05) is 0 Å². The lowest BCUT2D eigenvalue weighted by atomic mass is 9.91. The topological polar surface area (TPSA) is 44.0 Å². The van der Waals surface area contributed by atoms with Gasteiger partial charge in [0.15, 0.2) is 0 Å². The lowest BCUT2D eigenvalue weighted by molar-refractivity contribution is 0.130. The van der Waals surface area contributed by atoms with E-state index >= 15 is 0 Å². The fraction of sp³-hybridized carbons (Fsp3) is 0.500. The van der Waals surface area contributed by atoms with Crippen LogP contribution in [0.15, 0.2) is 18.2 Å². The Labute approximate surface area is 97.5 Å². The second-order valence-electron chi connectivity index (χ2n) is 4.31. The smallest absolute Gasteiger partial charge is 0.0948 e. The first-order valence-corrected chi connectivity index (χ1v) is 5.75. The van der Waals surface area contributed by atoms with Gasteiger partial charge in [-0.15, -0.1) is 0 Å². The molecule has 0 fully saturated rings. The van der Waals surface area contributed by atoms with Crippen LogP contribution in [0.2, 0.25) is 0 Å². The Hall–Kier alpha value is -1.33. The van der Waals surface area contributed by atoms with Gasteiger partial charge in [-0.25, -0.2) is 0 Å². The van der Waals surface area contributed by atoms with Gasteiger partial charge in [0.05, 0.1) is 18.1 Å². The van der Waals surface area contributed by atoms with Crippen LogP contribution >= 0.6 is 0 Å². The van der Waals surface area contributed by atoms with Crippen molar-refractivity contribution in [2.24, 2.45) is 5.92 Å². The van der Waals surface area contributed by atoms with Crippen LogP contribution in [0, 0.1) is 31.1 Å². The molecule has 0 radical (unpaired) electrons. The van der Waals surface area contributed by atoms with Gasteiger partial charge in [0.2, 0.25) is 0 Å². The maximum atomic E-state index is 10.1. The molecule has 1 aromatic rings. The van der Waals surface area contributed by atoms with Crippen molar-refractivity contribution >= 4 is 0 Å². The zero-order valence-corrected chi connectivity index (χ0v) is 10.2. The zero-order valence-electron chi connectivity index (χ0n) is 10.2. The van der Waals surface area contributed by atoms with Crippen molar-refractivity contribution in [1.29, 1.82) is 5.26 Å². The van der Waals surface area contributed by atoms with Crippen molar-refractivity contribution in [2.75, 3.05) is 0 Å². The highest BCUT2D eigenvalue weighted by atomic mass is 16.3. The number of hydrogen-bond acceptors (Lipinski definition) is 2. The lowest BCUT2D eigenvalue weighted by Gasteiger charge is -2.17. The maximum Gasteiger partial charge on any atom is 0.0948 e. The van der Waals surface area contributed by atoms with E-state index in [1.165, 1.54) is 5.56 Å². The summed E-state index contributed by atoms with van der Waals surface area (Å²) >= 11 is 0. The Kier molecular flexibility index (Phi) is 4.52. The molecule has 2 nitrogen and oxygen atoms in total. The van der Waals surface area contributed by atoms with Crippen molar-refractivity contribution < 1.29 is 5.11 Å². The van der Waals surface area contributed by atoms with Crippen LogP contribution in [0.25, 0.3) is 0 Å². The molecule has 0 heterocycles. The van der Waals surface area contributed by atoms with Gasteiger partial charge in [-0.3, -0.25) is 0 Å². The Bertz CT molecular complexity index is 392. The third-order valence-corrected chi connectivity index (χ3v) is 3.02. The third kappa shape index (κ3) is 2.84. The van der Waals surface area contributed by atoms with Gasteiger partial charge in [-0.1, -0.05) is 31.5 Å². The number of hydrogen-bond donors (Lipinski definition) is 1. The van der Waals surface area contributed by atoms with E-state index in [0.717, 1.165) is 24.0 Å². The Morgan fingerprint density at radius 2 is 2.00 bits per heavy atom. The molecule has 0 saturated heterocycles. The molecule has 0 aromatic heterocycles. The van der Waals surface area contributed by atoms with Crippen LogP contribution in [0.5, 0.6) is 0 Å². The minimum Gasteiger partial charge on any atom is -0.387 e. The van der Waals surface area contributed by atoms with Gasteiger partial charge in [0.1, 0.15) is 0 Å². The largest absolute Gasteiger partial charge is 0.387 e. The molecular weight excluding hydrogens is 198 g/mol. The van der Waals surface area contributed by atoms with E-state index in [9.17, 15) is 5.11 Å². The SMILES string of the molecule is CCCC(C#N)C(O)c1ccc(C)c(C)c1. The molecule has 0 spiro atoms. The number of benzene rings is 1. The molecule has 1 aromatic carbocycles. The van der Waals surface area contributed by atoms with E-state index in [-0.39, 0.29) is 5.92 Å². The molecule has 0 bridgehead atoms. The molecule has 16 heavy (non-hydrogen) atoms. The Morgan fingerprint density at radius 1 is 1.31 bits per heavy atom. The molecule has 0 aliphatic heterocycles. The Morgan fingerprint density at radius 3 is 2.50 bits per heavy atom. The fourth-order valence-electron chi connectivity index (χ4n) is 1.78. The van der Waals surface area contributed by atoms with Crippen molar-refractivity contribution in [3.63, 3.8) is 0 Å². The minimum atomic E-state index is -0.663. The molecule has 1 rings (SSSR count). The van der Waals surface area contributed by atoms with Crippen LogP contribution in [-0.2, 0) is 0 Å². The number of aliphatic hydroxyl groups excluding tert-OH is 1. The summed E-state index contributed by atoms with van der Waals surface area (Å²) in [5.74, 6) is -0.299. The normalized spacial score (nSPS) is 14.2. The summed E-state index contributed by atoms with van der Waals surface area (Å²) in [6, 6.07) is 8.06. The monoisotopic (exact) mass is 217 g/mol. The second-order valence-corrected chi connectivity index (χ2v) is 4.31. The first-order chi connectivity index (χ1) is 7.60. The van der Waals surface area contributed by atoms with E-state index in [0.29, 0.717) is 0 Å². The summed E-state index contributed by atoms with van der Waals surface area (Å²) in [7, 11) is 0. The van der Waals surface area contributed by atoms with Crippen LogP contribution in [0.1, 0.15) is 42.6 Å². The summed E-state index contributed by atoms with van der Waals surface area (Å²) < 4.78 is 0. The van der Waals surface area contributed by atoms with E-state index in [4.69, 9.17) is 5.26 Å². The molecule has 86 valence electrons. The molecular formula is C14H19NO. The molecule has 0 aliphatic carbocycles. The first-order valence-electron chi connectivity index (χ1n) is 5.75. The van der Waals surface area contributed by atoms with E-state index in [2.05, 4.69) is 6.07 Å². The highest BCUT2D eigenvalue weighted by molar-refractivity contribution is 5.31. The number of nitrogens with zero attached hydrogens (tertiary/aromatic N) is 1. The highest BCUT2D eigenvalue weighted by Crippen LogP contribution is 2.26. The van der Waals surface area contributed by atoms with Crippen molar-refractivity contribution in [3.05, 3.63) is 34.9 Å². The maximum absolute atomic E-state index is 10.1. The number of nitriles is 1. The Balaban J connectivity index is 2.91. The molecule has 0 aliphatic rings. The molecule has 1 N–H and O–H groups in total. The third-order valence-electron chi connectivity index (χ3n) is 3.02. The molecule has 2 unspecified atom stereocenters. The summed E-state index contributed by atoms with van der Waals surface area (Å²) in [5.41, 5.74) is 3.22. The second kappa shape index (κ2) is 5.67. The number of rotatable bonds is 4. The van der Waals surface area contributed by atoms with Crippen LogP contribution in [0.3, 0.4) is 0 Å². The van der Waals surface area contributed by atoms with Crippen molar-refractivity contribution in [3.8, 4) is 6.07 Å². The predicted octanol–water partition coefficient (Wildman–Crippen LogP) is 3.28. The van der Waals surface area contributed by atoms with Gasteiger partial charge in [-0.05, 0) is 37.0 Å². The average molecular weight is 217 g/mol. The number of aryl methyl sites for hydroxylation is 2. The molecule has 2 heteroatoms. The summed E-state index contributed by atoms with van der Waals surface area (Å²) in [4.78, 5) is 0. The summed E-state index contributed by atoms with van der Waals surface area (Å²) in [6.45, 7) is 6.09. The van der Waals surface area contributed by atoms with E-state index in [1.807, 2.05) is 39.0 Å². The standard InChI is InChI=1S/C14H19NO/c1-4-5-13(9-15)14(16)12-7-6-10(2)11(3)8-12/h6-8,13-14,16H,4-5H2,1-3H3. The quantitative estimate of drug-likeness (QED) is 0.841. The predicted molar refractivity (Wildman–Crippen MR) is 64.9 cm³/mol. The summed E-state index contributed by atoms with van der Waals surface area (Å²) in [6.07, 6.45) is 0.995. The number of aliphatic hydroxyl groups is 1. The lowest BCUT2D eigenvalue weighted by Crippen LogP contribution is -2.11. The molecule has 0 amide bonds. The van der Waals surface area contributed by atoms with Gasteiger partial charge in [0.25, 0.3) is 0 Å². The van der Waals surface area contributed by atoms with E-state index < -0.39 is 6.10 Å². The highest BCUT2D eigenvalue weighted by Gasteiger charge is 2.19. The first kappa shape index (κ1) is 12.7.